The van der Waals surface area contributed by atoms with Crippen LogP contribution >= 0.6 is 15.9 Å². The van der Waals surface area contributed by atoms with E-state index in [-0.39, 0.29) is 5.91 Å². The number of hydrogen-bond acceptors (Lipinski definition) is 2. The number of benzene rings is 2. The third-order valence-corrected chi connectivity index (χ3v) is 3.44. The first kappa shape index (κ1) is 16.1. The first-order valence-electron chi connectivity index (χ1n) is 6.85. The molecule has 4 heteroatoms. The predicted molar refractivity (Wildman–Crippen MR) is 90.9 cm³/mol. The number of carbonyl (C=O) groups excluding carboxylic acids is 1. The maximum atomic E-state index is 11.9. The summed E-state index contributed by atoms with van der Waals surface area (Å²) in [7, 11) is 0. The van der Waals surface area contributed by atoms with Gasteiger partial charge in [-0.3, -0.25) is 4.79 Å². The van der Waals surface area contributed by atoms with Crippen LogP contribution in [0.3, 0.4) is 0 Å². The zero-order valence-corrected chi connectivity index (χ0v) is 13.8. The fraction of sp³-hybridized carbons (Fsp3) is 0.167. The SMILES string of the molecule is Cc1ccccc1OCC#CCNC(=O)c1cccc(Br)c1. The van der Waals surface area contributed by atoms with Crippen molar-refractivity contribution in [2.45, 2.75) is 6.92 Å². The predicted octanol–water partition coefficient (Wildman–Crippen LogP) is 3.57. The van der Waals surface area contributed by atoms with Crippen LogP contribution in [0.1, 0.15) is 15.9 Å². The van der Waals surface area contributed by atoms with Crippen LogP contribution in [0.25, 0.3) is 0 Å². The van der Waals surface area contributed by atoms with Gasteiger partial charge in [-0.25, -0.2) is 0 Å². The monoisotopic (exact) mass is 357 g/mol. The summed E-state index contributed by atoms with van der Waals surface area (Å²) in [6.07, 6.45) is 0. The van der Waals surface area contributed by atoms with Crippen LogP contribution in [-0.4, -0.2) is 19.1 Å². The molecule has 2 aromatic rings. The van der Waals surface area contributed by atoms with Crippen LogP contribution in [-0.2, 0) is 0 Å². The van der Waals surface area contributed by atoms with Crippen LogP contribution in [0.4, 0.5) is 0 Å². The van der Waals surface area contributed by atoms with Crippen LogP contribution in [0, 0.1) is 18.8 Å². The number of para-hydroxylation sites is 1. The van der Waals surface area contributed by atoms with Crippen molar-refractivity contribution in [1.29, 1.82) is 0 Å². The Morgan fingerprint density at radius 1 is 1.18 bits per heavy atom. The van der Waals surface area contributed by atoms with Crippen molar-refractivity contribution in [2.24, 2.45) is 0 Å². The number of carbonyl (C=O) groups is 1. The Morgan fingerprint density at radius 2 is 2.00 bits per heavy atom. The first-order chi connectivity index (χ1) is 10.7. The van der Waals surface area contributed by atoms with Gasteiger partial charge < -0.3 is 10.1 Å². The highest BCUT2D eigenvalue weighted by molar-refractivity contribution is 9.10. The molecule has 0 aliphatic heterocycles. The summed E-state index contributed by atoms with van der Waals surface area (Å²) >= 11 is 3.34. The highest BCUT2D eigenvalue weighted by Gasteiger charge is 2.03. The topological polar surface area (TPSA) is 38.3 Å². The summed E-state index contributed by atoms with van der Waals surface area (Å²) in [6.45, 7) is 2.58. The van der Waals surface area contributed by atoms with Crippen molar-refractivity contribution >= 4 is 21.8 Å². The standard InChI is InChI=1S/C18H16BrNO2/c1-14-7-2-3-10-17(14)22-12-5-4-11-20-18(21)15-8-6-9-16(19)13-15/h2-3,6-10,13H,11-12H2,1H3,(H,20,21). The second kappa shape index (κ2) is 8.26. The largest absolute Gasteiger partial charge is 0.481 e. The highest BCUT2D eigenvalue weighted by atomic mass is 79.9. The third kappa shape index (κ3) is 4.94. The Balaban J connectivity index is 1.75. The molecular formula is C18H16BrNO2. The van der Waals surface area contributed by atoms with E-state index in [1.807, 2.05) is 43.3 Å². The lowest BCUT2D eigenvalue weighted by Gasteiger charge is -2.04. The molecule has 2 rings (SSSR count). The van der Waals surface area contributed by atoms with E-state index in [0.717, 1.165) is 15.8 Å². The smallest absolute Gasteiger partial charge is 0.252 e. The van der Waals surface area contributed by atoms with E-state index in [0.29, 0.717) is 18.7 Å². The molecule has 0 aliphatic rings. The summed E-state index contributed by atoms with van der Waals surface area (Å²) in [5.41, 5.74) is 1.68. The van der Waals surface area contributed by atoms with Crippen LogP contribution in [0.5, 0.6) is 5.75 Å². The summed E-state index contributed by atoms with van der Waals surface area (Å²) in [5.74, 6) is 6.44. The molecule has 0 heterocycles. The zero-order valence-electron chi connectivity index (χ0n) is 12.2. The molecule has 0 aliphatic carbocycles. The van der Waals surface area contributed by atoms with Gasteiger partial charge in [0.1, 0.15) is 12.4 Å². The molecule has 0 radical (unpaired) electrons. The van der Waals surface area contributed by atoms with Crippen LogP contribution < -0.4 is 10.1 Å². The van der Waals surface area contributed by atoms with Crippen LogP contribution in [0.2, 0.25) is 0 Å². The number of ether oxygens (including phenoxy) is 1. The summed E-state index contributed by atoms with van der Waals surface area (Å²) in [6, 6.07) is 15.0. The fourth-order valence-electron chi connectivity index (χ4n) is 1.80. The summed E-state index contributed by atoms with van der Waals surface area (Å²) < 4.78 is 6.42. The van der Waals surface area contributed by atoms with Gasteiger partial charge in [0.15, 0.2) is 0 Å². The average molecular weight is 358 g/mol. The number of hydrogen-bond donors (Lipinski definition) is 1. The molecule has 2 aromatic carbocycles. The van der Waals surface area contributed by atoms with Crippen molar-refractivity contribution in [2.75, 3.05) is 13.2 Å². The Labute approximate surface area is 138 Å². The number of amides is 1. The number of halogens is 1. The van der Waals surface area contributed by atoms with E-state index in [4.69, 9.17) is 4.74 Å². The lowest BCUT2D eigenvalue weighted by Crippen LogP contribution is -2.23. The van der Waals surface area contributed by atoms with Crippen molar-refractivity contribution in [3.05, 3.63) is 64.1 Å². The Kier molecular flexibility index (Phi) is 6.05. The van der Waals surface area contributed by atoms with Gasteiger partial charge in [0.05, 0.1) is 6.54 Å². The van der Waals surface area contributed by atoms with Gasteiger partial charge in [-0.05, 0) is 36.8 Å². The average Bonchev–Trinajstić information content (AvgIpc) is 2.52. The van der Waals surface area contributed by atoms with E-state index >= 15 is 0 Å². The van der Waals surface area contributed by atoms with E-state index < -0.39 is 0 Å². The molecule has 0 spiro atoms. The molecule has 0 atom stereocenters. The molecule has 3 nitrogen and oxygen atoms in total. The number of rotatable bonds is 4. The highest BCUT2D eigenvalue weighted by Crippen LogP contribution is 2.15. The molecule has 112 valence electrons. The molecule has 22 heavy (non-hydrogen) atoms. The minimum absolute atomic E-state index is 0.143. The lowest BCUT2D eigenvalue weighted by atomic mass is 10.2. The molecule has 1 N–H and O–H groups in total. The molecule has 0 fully saturated rings. The molecule has 1 amide bonds. The van der Waals surface area contributed by atoms with Gasteiger partial charge in [-0.2, -0.15) is 0 Å². The second-order valence-corrected chi connectivity index (χ2v) is 5.52. The Morgan fingerprint density at radius 3 is 2.77 bits per heavy atom. The van der Waals surface area contributed by atoms with E-state index in [9.17, 15) is 4.79 Å². The first-order valence-corrected chi connectivity index (χ1v) is 7.64. The molecule has 0 saturated heterocycles. The van der Waals surface area contributed by atoms with E-state index in [1.165, 1.54) is 0 Å². The molecule has 0 saturated carbocycles. The minimum Gasteiger partial charge on any atom is -0.481 e. The summed E-state index contributed by atoms with van der Waals surface area (Å²) in [4.78, 5) is 11.9. The van der Waals surface area contributed by atoms with Crippen molar-refractivity contribution in [3.8, 4) is 17.6 Å². The molecule has 0 aromatic heterocycles. The van der Waals surface area contributed by atoms with Gasteiger partial charge >= 0.3 is 0 Å². The van der Waals surface area contributed by atoms with Crippen molar-refractivity contribution in [1.82, 2.24) is 5.32 Å². The Bertz CT molecular complexity index is 716. The lowest BCUT2D eigenvalue weighted by molar-refractivity contribution is 0.0958. The molecular weight excluding hydrogens is 342 g/mol. The van der Waals surface area contributed by atoms with Gasteiger partial charge in [0, 0.05) is 10.0 Å². The van der Waals surface area contributed by atoms with Gasteiger partial charge in [0.25, 0.3) is 5.91 Å². The fourth-order valence-corrected chi connectivity index (χ4v) is 2.20. The maximum absolute atomic E-state index is 11.9. The van der Waals surface area contributed by atoms with Gasteiger partial charge in [-0.15, -0.1) is 0 Å². The van der Waals surface area contributed by atoms with Crippen LogP contribution in [0.15, 0.2) is 53.0 Å². The number of aryl methyl sites for hydroxylation is 1. The maximum Gasteiger partial charge on any atom is 0.252 e. The van der Waals surface area contributed by atoms with E-state index in [2.05, 4.69) is 33.1 Å². The van der Waals surface area contributed by atoms with Crippen molar-refractivity contribution < 1.29 is 9.53 Å². The number of nitrogens with one attached hydrogen (secondary N) is 1. The normalized spacial score (nSPS) is 9.55. The quantitative estimate of drug-likeness (QED) is 0.849. The second-order valence-electron chi connectivity index (χ2n) is 4.60. The molecule has 0 unspecified atom stereocenters. The minimum atomic E-state index is -0.143. The van der Waals surface area contributed by atoms with E-state index in [1.54, 1.807) is 12.1 Å². The Hall–Kier alpha value is -2.25. The zero-order chi connectivity index (χ0) is 15.8. The summed E-state index contributed by atoms with van der Waals surface area (Å²) in [5, 5.41) is 2.75. The molecule has 0 bridgehead atoms. The van der Waals surface area contributed by atoms with Gasteiger partial charge in [-0.1, -0.05) is 52.0 Å². The third-order valence-electron chi connectivity index (χ3n) is 2.94. The van der Waals surface area contributed by atoms with Crippen molar-refractivity contribution in [3.63, 3.8) is 0 Å². The van der Waals surface area contributed by atoms with Gasteiger partial charge in [0.2, 0.25) is 0 Å².